The predicted molar refractivity (Wildman–Crippen MR) is 83.8 cm³/mol. The zero-order valence-electron chi connectivity index (χ0n) is 11.9. The summed E-state index contributed by atoms with van der Waals surface area (Å²) in [6, 6.07) is 2.88. The van der Waals surface area contributed by atoms with E-state index in [-0.39, 0.29) is 5.69 Å². The highest BCUT2D eigenvalue weighted by molar-refractivity contribution is 7.09. The Morgan fingerprint density at radius 1 is 1.33 bits per heavy atom. The number of nitro groups is 1. The van der Waals surface area contributed by atoms with Crippen LogP contribution >= 0.6 is 11.3 Å². The largest absolute Gasteiger partial charge is 0.370 e. The molecule has 2 N–H and O–H groups in total. The van der Waals surface area contributed by atoms with Crippen molar-refractivity contribution in [2.75, 3.05) is 17.2 Å². The molecule has 112 valence electrons. The van der Waals surface area contributed by atoms with Crippen molar-refractivity contribution in [2.45, 2.75) is 26.8 Å². The van der Waals surface area contributed by atoms with Crippen LogP contribution in [0.5, 0.6) is 0 Å². The standard InChI is InChI=1S/C13H17N5O2S/c1-3-4-14-12-5-10(18(19)20)6-13(17-12)15-7-11-9(2)16-8-21-11/h5-6,8H,3-4,7H2,1-2H3,(H2,14,15,17). The number of hydrogen-bond donors (Lipinski definition) is 2. The second-order valence-corrected chi connectivity index (χ2v) is 5.43. The summed E-state index contributed by atoms with van der Waals surface area (Å²) in [5.74, 6) is 0.991. The van der Waals surface area contributed by atoms with E-state index in [9.17, 15) is 10.1 Å². The molecule has 0 atom stereocenters. The Kier molecular flexibility index (Phi) is 5.04. The van der Waals surface area contributed by atoms with Gasteiger partial charge in [-0.25, -0.2) is 9.97 Å². The molecule has 0 bridgehead atoms. The van der Waals surface area contributed by atoms with Crippen molar-refractivity contribution < 1.29 is 4.92 Å². The van der Waals surface area contributed by atoms with Gasteiger partial charge in [-0.1, -0.05) is 6.92 Å². The summed E-state index contributed by atoms with van der Waals surface area (Å²) >= 11 is 1.55. The maximum absolute atomic E-state index is 11.0. The highest BCUT2D eigenvalue weighted by Crippen LogP contribution is 2.22. The van der Waals surface area contributed by atoms with Crippen LogP contribution in [0.1, 0.15) is 23.9 Å². The van der Waals surface area contributed by atoms with Gasteiger partial charge in [-0.05, 0) is 13.3 Å². The SMILES string of the molecule is CCCNc1cc([N+](=O)[O-])cc(NCc2scnc2C)n1. The Hall–Kier alpha value is -2.22. The van der Waals surface area contributed by atoms with E-state index in [1.807, 2.05) is 13.8 Å². The first-order valence-electron chi connectivity index (χ1n) is 6.63. The first-order chi connectivity index (χ1) is 10.1. The smallest absolute Gasteiger partial charge is 0.276 e. The highest BCUT2D eigenvalue weighted by atomic mass is 32.1. The maximum atomic E-state index is 11.0. The molecule has 0 aromatic carbocycles. The highest BCUT2D eigenvalue weighted by Gasteiger charge is 2.11. The van der Waals surface area contributed by atoms with Gasteiger partial charge in [0.05, 0.1) is 34.8 Å². The van der Waals surface area contributed by atoms with Crippen molar-refractivity contribution in [1.82, 2.24) is 9.97 Å². The second kappa shape index (κ2) is 6.98. The molecule has 0 aliphatic carbocycles. The molecule has 0 unspecified atom stereocenters. The summed E-state index contributed by atoms with van der Waals surface area (Å²) in [6.45, 7) is 5.23. The van der Waals surface area contributed by atoms with Gasteiger partial charge in [0.1, 0.15) is 11.6 Å². The molecule has 7 nitrogen and oxygen atoms in total. The normalized spacial score (nSPS) is 10.4. The van der Waals surface area contributed by atoms with Gasteiger partial charge in [-0.15, -0.1) is 11.3 Å². The topological polar surface area (TPSA) is 93.0 Å². The Morgan fingerprint density at radius 2 is 2.05 bits per heavy atom. The molecule has 2 aromatic heterocycles. The zero-order valence-corrected chi connectivity index (χ0v) is 12.7. The number of pyridine rings is 1. The number of thiazole rings is 1. The average Bonchev–Trinajstić information content (AvgIpc) is 2.88. The third kappa shape index (κ3) is 4.12. The van der Waals surface area contributed by atoms with Crippen molar-refractivity contribution in [3.05, 3.63) is 38.3 Å². The minimum absolute atomic E-state index is 0.0205. The Morgan fingerprint density at radius 3 is 2.62 bits per heavy atom. The molecule has 0 radical (unpaired) electrons. The van der Waals surface area contributed by atoms with E-state index >= 15 is 0 Å². The number of aryl methyl sites for hydroxylation is 1. The van der Waals surface area contributed by atoms with Gasteiger partial charge >= 0.3 is 0 Å². The van der Waals surface area contributed by atoms with Crippen LogP contribution in [0, 0.1) is 17.0 Å². The minimum Gasteiger partial charge on any atom is -0.370 e. The lowest BCUT2D eigenvalue weighted by molar-refractivity contribution is -0.384. The number of nitrogens with zero attached hydrogens (tertiary/aromatic N) is 3. The molecule has 0 aliphatic rings. The fourth-order valence-corrected chi connectivity index (χ4v) is 2.44. The molecule has 0 saturated carbocycles. The van der Waals surface area contributed by atoms with Crippen LogP contribution in [0.2, 0.25) is 0 Å². The number of hydrogen-bond acceptors (Lipinski definition) is 7. The van der Waals surface area contributed by atoms with E-state index in [2.05, 4.69) is 20.6 Å². The number of rotatable bonds is 7. The van der Waals surface area contributed by atoms with E-state index in [1.54, 1.807) is 16.8 Å². The molecular weight excluding hydrogens is 290 g/mol. The van der Waals surface area contributed by atoms with Crippen LogP contribution < -0.4 is 10.6 Å². The van der Waals surface area contributed by atoms with E-state index in [4.69, 9.17) is 0 Å². The van der Waals surface area contributed by atoms with Crippen molar-refractivity contribution in [3.8, 4) is 0 Å². The van der Waals surface area contributed by atoms with Crippen molar-refractivity contribution in [3.63, 3.8) is 0 Å². The van der Waals surface area contributed by atoms with Crippen LogP contribution in [0.15, 0.2) is 17.6 Å². The maximum Gasteiger partial charge on any atom is 0.276 e. The van der Waals surface area contributed by atoms with Crippen molar-refractivity contribution in [2.24, 2.45) is 0 Å². The molecule has 2 aromatic rings. The summed E-state index contributed by atoms with van der Waals surface area (Å²) in [7, 11) is 0. The van der Waals surface area contributed by atoms with Crippen LogP contribution in [0.3, 0.4) is 0 Å². The van der Waals surface area contributed by atoms with E-state index < -0.39 is 4.92 Å². The van der Waals surface area contributed by atoms with Gasteiger partial charge in [0, 0.05) is 11.4 Å². The summed E-state index contributed by atoms with van der Waals surface area (Å²) in [6.07, 6.45) is 0.924. The lowest BCUT2D eigenvalue weighted by Gasteiger charge is -2.08. The molecule has 2 heterocycles. The zero-order chi connectivity index (χ0) is 15.2. The summed E-state index contributed by atoms with van der Waals surface area (Å²) in [5.41, 5.74) is 2.76. The van der Waals surface area contributed by atoms with Crippen LogP contribution in [-0.2, 0) is 6.54 Å². The fourth-order valence-electron chi connectivity index (χ4n) is 1.72. The quantitative estimate of drug-likeness (QED) is 0.603. The van der Waals surface area contributed by atoms with Gasteiger partial charge in [0.2, 0.25) is 0 Å². The fraction of sp³-hybridized carbons (Fsp3) is 0.385. The first-order valence-corrected chi connectivity index (χ1v) is 7.51. The summed E-state index contributed by atoms with van der Waals surface area (Å²) in [5, 5.41) is 17.2. The van der Waals surface area contributed by atoms with Gasteiger partial charge in [0.15, 0.2) is 0 Å². The lowest BCUT2D eigenvalue weighted by atomic mass is 10.3. The lowest BCUT2D eigenvalue weighted by Crippen LogP contribution is -2.07. The van der Waals surface area contributed by atoms with Gasteiger partial charge in [-0.3, -0.25) is 10.1 Å². The van der Waals surface area contributed by atoms with E-state index in [0.717, 1.165) is 23.5 Å². The number of anilines is 2. The van der Waals surface area contributed by atoms with Gasteiger partial charge < -0.3 is 10.6 Å². The monoisotopic (exact) mass is 307 g/mol. The van der Waals surface area contributed by atoms with Gasteiger partial charge in [-0.2, -0.15) is 0 Å². The average molecular weight is 307 g/mol. The van der Waals surface area contributed by atoms with Crippen molar-refractivity contribution >= 4 is 28.7 Å². The first kappa shape index (κ1) is 15.2. The Balaban J connectivity index is 2.15. The van der Waals surface area contributed by atoms with E-state index in [0.29, 0.717) is 18.2 Å². The predicted octanol–water partition coefficient (Wildman–Crippen LogP) is 3.19. The molecule has 0 spiro atoms. The van der Waals surface area contributed by atoms with E-state index in [1.165, 1.54) is 12.1 Å². The second-order valence-electron chi connectivity index (χ2n) is 4.49. The van der Waals surface area contributed by atoms with Crippen molar-refractivity contribution in [1.29, 1.82) is 0 Å². The number of aromatic nitrogens is 2. The summed E-state index contributed by atoms with van der Waals surface area (Å²) < 4.78 is 0. The molecule has 8 heteroatoms. The molecule has 0 fully saturated rings. The Labute approximate surface area is 126 Å². The molecule has 0 amide bonds. The number of nitrogens with one attached hydrogen (secondary N) is 2. The van der Waals surface area contributed by atoms with Crippen LogP contribution in [0.4, 0.5) is 17.3 Å². The minimum atomic E-state index is -0.415. The molecule has 0 aliphatic heterocycles. The van der Waals surface area contributed by atoms with Crippen LogP contribution in [-0.4, -0.2) is 21.4 Å². The molecule has 0 saturated heterocycles. The summed E-state index contributed by atoms with van der Waals surface area (Å²) in [4.78, 5) is 20.2. The molecular formula is C13H17N5O2S. The third-order valence-electron chi connectivity index (χ3n) is 2.85. The Bertz CT molecular complexity index is 629. The molecule has 21 heavy (non-hydrogen) atoms. The molecule has 2 rings (SSSR count). The van der Waals surface area contributed by atoms with Crippen LogP contribution in [0.25, 0.3) is 0 Å². The third-order valence-corrected chi connectivity index (χ3v) is 3.79. The van der Waals surface area contributed by atoms with Gasteiger partial charge in [0.25, 0.3) is 5.69 Å².